The third-order valence-electron chi connectivity index (χ3n) is 4.47. The highest BCUT2D eigenvalue weighted by molar-refractivity contribution is 7.99. The number of rotatable bonds is 9. The average molecular weight is 503 g/mol. The van der Waals surface area contributed by atoms with Crippen LogP contribution in [0.3, 0.4) is 0 Å². The molecule has 3 rings (SSSR count). The Labute approximate surface area is 197 Å². The number of hydrogen-bond acceptors (Lipinski definition) is 5. The molecule has 0 saturated heterocycles. The Kier molecular flexibility index (Phi) is 8.24. The van der Waals surface area contributed by atoms with Crippen LogP contribution in [0.2, 0.25) is 5.02 Å². The van der Waals surface area contributed by atoms with E-state index in [0.717, 1.165) is 48.8 Å². The lowest BCUT2D eigenvalue weighted by Gasteiger charge is -2.12. The Balaban J connectivity index is 1.71. The lowest BCUT2D eigenvalue weighted by molar-refractivity contribution is -0.137. The van der Waals surface area contributed by atoms with Gasteiger partial charge in [0.05, 0.1) is 22.0 Å². The van der Waals surface area contributed by atoms with E-state index in [0.29, 0.717) is 11.7 Å². The molecule has 1 amide bonds. The van der Waals surface area contributed by atoms with Crippen LogP contribution in [-0.4, -0.2) is 26.4 Å². The third kappa shape index (κ3) is 6.05. The van der Waals surface area contributed by atoms with Gasteiger partial charge in [-0.1, -0.05) is 43.6 Å². The molecular weight excluding hydrogens is 481 g/mol. The first-order valence-electron chi connectivity index (χ1n) is 10.0. The normalized spacial score (nSPS) is 11.7. The topological polar surface area (TPSA) is 59.8 Å². The number of nitrogens with zero attached hydrogens (tertiary/aromatic N) is 3. The number of carbonyl (C=O) groups is 1. The van der Waals surface area contributed by atoms with Crippen molar-refractivity contribution in [3.63, 3.8) is 0 Å². The van der Waals surface area contributed by atoms with Crippen LogP contribution in [0.4, 0.5) is 18.9 Å². The number of thioether (sulfide) groups is 1. The molecule has 32 heavy (non-hydrogen) atoms. The van der Waals surface area contributed by atoms with E-state index in [1.807, 2.05) is 11.5 Å². The molecule has 11 heteroatoms. The zero-order chi connectivity index (χ0) is 23.3. The molecule has 0 saturated carbocycles. The van der Waals surface area contributed by atoms with Crippen LogP contribution in [-0.2, 0) is 23.9 Å². The van der Waals surface area contributed by atoms with Gasteiger partial charge in [-0.05, 0) is 37.1 Å². The Bertz CT molecular complexity index is 1080. The van der Waals surface area contributed by atoms with Crippen LogP contribution in [0.15, 0.2) is 34.8 Å². The summed E-state index contributed by atoms with van der Waals surface area (Å²) in [4.78, 5) is 13.7. The largest absolute Gasteiger partial charge is 0.416 e. The predicted octanol–water partition coefficient (Wildman–Crippen LogP) is 6.77. The van der Waals surface area contributed by atoms with E-state index in [1.165, 1.54) is 16.6 Å². The van der Waals surface area contributed by atoms with Crippen LogP contribution in [0, 0.1) is 0 Å². The number of alkyl halides is 3. The molecule has 0 aliphatic rings. The van der Waals surface area contributed by atoms with Crippen molar-refractivity contribution in [2.75, 3.05) is 11.1 Å². The van der Waals surface area contributed by atoms with Crippen LogP contribution < -0.4 is 5.32 Å². The first kappa shape index (κ1) is 24.6. The van der Waals surface area contributed by atoms with Gasteiger partial charge in [0.25, 0.3) is 0 Å². The van der Waals surface area contributed by atoms with Gasteiger partial charge < -0.3 is 9.88 Å². The van der Waals surface area contributed by atoms with Gasteiger partial charge in [0, 0.05) is 22.4 Å². The lowest BCUT2D eigenvalue weighted by atomic mass is 10.2. The van der Waals surface area contributed by atoms with Gasteiger partial charge in [0.2, 0.25) is 5.91 Å². The summed E-state index contributed by atoms with van der Waals surface area (Å²) in [5.41, 5.74) is 0.0337. The molecule has 2 heterocycles. The smallest absolute Gasteiger partial charge is 0.324 e. The number of aromatic nitrogens is 3. The summed E-state index contributed by atoms with van der Waals surface area (Å²) in [5, 5.41) is 13.7. The molecular formula is C21H22ClF3N4OS2. The Morgan fingerprint density at radius 3 is 2.69 bits per heavy atom. The quantitative estimate of drug-likeness (QED) is 0.328. The highest BCUT2D eigenvalue weighted by Crippen LogP contribution is 2.34. The molecule has 0 aliphatic heterocycles. The third-order valence-corrected chi connectivity index (χ3v) is 6.77. The van der Waals surface area contributed by atoms with Crippen molar-refractivity contribution in [2.45, 2.75) is 51.0 Å². The summed E-state index contributed by atoms with van der Waals surface area (Å²) >= 11 is 8.82. The van der Waals surface area contributed by atoms with Gasteiger partial charge in [-0.15, -0.1) is 21.5 Å². The Hall–Kier alpha value is -2.04. The summed E-state index contributed by atoms with van der Waals surface area (Å²) in [5.74, 6) is 0.220. The van der Waals surface area contributed by atoms with Crippen molar-refractivity contribution in [1.82, 2.24) is 14.8 Å². The Morgan fingerprint density at radius 2 is 2.00 bits per heavy atom. The van der Waals surface area contributed by atoms with Gasteiger partial charge in [-0.25, -0.2) is 0 Å². The molecule has 2 aromatic heterocycles. The van der Waals surface area contributed by atoms with Crippen LogP contribution in [0.25, 0.3) is 11.4 Å². The zero-order valence-electron chi connectivity index (χ0n) is 17.5. The van der Waals surface area contributed by atoms with Crippen molar-refractivity contribution in [2.24, 2.45) is 0 Å². The maximum Gasteiger partial charge on any atom is 0.416 e. The highest BCUT2D eigenvalue weighted by atomic mass is 35.5. The van der Waals surface area contributed by atoms with Crippen molar-refractivity contribution in [3.8, 4) is 11.4 Å². The van der Waals surface area contributed by atoms with Gasteiger partial charge in [-0.3, -0.25) is 4.79 Å². The van der Waals surface area contributed by atoms with Gasteiger partial charge in [0.15, 0.2) is 11.0 Å². The molecule has 172 valence electrons. The number of hydrogen-bond donors (Lipinski definition) is 1. The molecule has 0 unspecified atom stereocenters. The first-order valence-corrected chi connectivity index (χ1v) is 12.3. The molecule has 0 fully saturated rings. The van der Waals surface area contributed by atoms with E-state index in [4.69, 9.17) is 11.6 Å². The number of nitrogens with one attached hydrogen (secondary N) is 1. The zero-order valence-corrected chi connectivity index (χ0v) is 19.9. The fraction of sp³-hybridized carbons (Fsp3) is 0.381. The van der Waals surface area contributed by atoms with Gasteiger partial charge in [0.1, 0.15) is 0 Å². The molecule has 0 spiro atoms. The van der Waals surface area contributed by atoms with Crippen LogP contribution in [0.1, 0.15) is 37.1 Å². The molecule has 1 aromatic carbocycles. The van der Waals surface area contributed by atoms with Crippen molar-refractivity contribution >= 4 is 46.3 Å². The lowest BCUT2D eigenvalue weighted by Crippen LogP contribution is -2.16. The minimum absolute atomic E-state index is 0.0353. The second kappa shape index (κ2) is 10.7. The monoisotopic (exact) mass is 502 g/mol. The molecule has 0 atom stereocenters. The minimum Gasteiger partial charge on any atom is -0.324 e. The minimum atomic E-state index is -4.52. The standard InChI is InChI=1S/C21H22ClF3N4OS2/c1-3-5-15-9-13(11-31-15)19-27-28-20(29(19)8-4-2)32-12-18(30)26-17-10-14(21(23,24)25)6-7-16(17)22/h6-7,9-11H,3-5,8,12H2,1-2H3,(H,26,30). The van der Waals surface area contributed by atoms with Gasteiger partial charge in [-0.2, -0.15) is 13.2 Å². The second-order valence-corrected chi connectivity index (χ2v) is 9.38. The van der Waals surface area contributed by atoms with E-state index in [9.17, 15) is 18.0 Å². The number of amides is 1. The van der Waals surface area contributed by atoms with E-state index in [1.54, 1.807) is 11.3 Å². The van der Waals surface area contributed by atoms with E-state index < -0.39 is 17.6 Å². The maximum atomic E-state index is 12.9. The van der Waals surface area contributed by atoms with E-state index in [2.05, 4.69) is 33.9 Å². The summed E-state index contributed by atoms with van der Waals surface area (Å²) in [6.07, 6.45) is -1.60. The van der Waals surface area contributed by atoms with Crippen molar-refractivity contribution in [1.29, 1.82) is 0 Å². The van der Waals surface area contributed by atoms with Crippen LogP contribution >= 0.6 is 34.7 Å². The van der Waals surface area contributed by atoms with Crippen molar-refractivity contribution < 1.29 is 18.0 Å². The molecule has 0 aliphatic carbocycles. The second-order valence-electron chi connectivity index (χ2n) is 7.04. The number of halogens is 4. The molecule has 1 N–H and O–H groups in total. The fourth-order valence-corrected chi connectivity index (χ4v) is 4.92. The van der Waals surface area contributed by atoms with E-state index in [-0.39, 0.29) is 16.5 Å². The van der Waals surface area contributed by atoms with Gasteiger partial charge >= 0.3 is 6.18 Å². The van der Waals surface area contributed by atoms with E-state index >= 15 is 0 Å². The number of thiophene rings is 1. The Morgan fingerprint density at radius 1 is 1.22 bits per heavy atom. The molecule has 0 radical (unpaired) electrons. The summed E-state index contributed by atoms with van der Waals surface area (Å²) < 4.78 is 40.8. The van der Waals surface area contributed by atoms with Crippen LogP contribution in [0.5, 0.6) is 0 Å². The number of aryl methyl sites for hydroxylation is 1. The highest BCUT2D eigenvalue weighted by Gasteiger charge is 2.31. The number of benzene rings is 1. The summed E-state index contributed by atoms with van der Waals surface area (Å²) in [6, 6.07) is 4.93. The SMILES string of the molecule is CCCc1cc(-c2nnc(SCC(=O)Nc3cc(C(F)(F)F)ccc3Cl)n2CCC)cs1. The molecule has 5 nitrogen and oxygen atoms in total. The van der Waals surface area contributed by atoms with Crippen molar-refractivity contribution in [3.05, 3.63) is 45.1 Å². The predicted molar refractivity (Wildman–Crippen MR) is 123 cm³/mol. The summed E-state index contributed by atoms with van der Waals surface area (Å²) in [6.45, 7) is 4.85. The first-order chi connectivity index (χ1) is 15.2. The molecule has 0 bridgehead atoms. The molecule has 3 aromatic rings. The summed E-state index contributed by atoms with van der Waals surface area (Å²) in [7, 11) is 0. The maximum absolute atomic E-state index is 12.9. The number of carbonyl (C=O) groups excluding carboxylic acids is 1. The fourth-order valence-electron chi connectivity index (χ4n) is 3.02. The average Bonchev–Trinajstić information content (AvgIpc) is 3.35. The number of anilines is 1.